The van der Waals surface area contributed by atoms with E-state index in [-0.39, 0.29) is 15.1 Å². The number of hydrogen-bond donors (Lipinski definition) is 1. The van der Waals surface area contributed by atoms with Gasteiger partial charge in [-0.3, -0.25) is 4.57 Å². The van der Waals surface area contributed by atoms with Crippen LogP contribution in [0.15, 0.2) is 0 Å². The van der Waals surface area contributed by atoms with Gasteiger partial charge in [-0.1, -0.05) is 0 Å². The fourth-order valence-electron chi connectivity index (χ4n) is 1.20. The molecule has 0 unspecified atom stereocenters. The molecule has 68 valence electrons. The van der Waals surface area contributed by atoms with Crippen LogP contribution in [0.4, 0.5) is 0 Å². The maximum atomic E-state index is 10.6. The minimum absolute atomic E-state index is 0.0428. The molecule has 3 rings (SSSR count). The zero-order valence-corrected chi connectivity index (χ0v) is 7.25. The molecular weight excluding hydrogens is 183 g/mol. The normalized spacial score (nSPS) is 46.8. The van der Waals surface area contributed by atoms with Gasteiger partial charge in [0.15, 0.2) is 0 Å². The Bertz CT molecular complexity index is 182. The summed E-state index contributed by atoms with van der Waals surface area (Å²) in [7, 11) is -0.327. The highest BCUT2D eigenvalue weighted by molar-refractivity contribution is 7.25. The molecule has 3 fully saturated rings. The molecule has 0 radical (unpaired) electrons. The van der Waals surface area contributed by atoms with Crippen LogP contribution in [0.2, 0.25) is 0 Å². The van der Waals surface area contributed by atoms with Crippen LogP contribution in [0.3, 0.4) is 0 Å². The van der Waals surface area contributed by atoms with Crippen molar-refractivity contribution in [3.8, 4) is 0 Å². The first-order valence-electron chi connectivity index (χ1n) is 3.62. The SMILES string of the molecule is O=PC12OCC(CO)(CO1)CO2. The van der Waals surface area contributed by atoms with Gasteiger partial charge in [0.1, 0.15) is 0 Å². The van der Waals surface area contributed by atoms with E-state index in [0.29, 0.717) is 19.8 Å². The molecule has 0 aromatic carbocycles. The van der Waals surface area contributed by atoms with Crippen molar-refractivity contribution in [3.63, 3.8) is 0 Å². The van der Waals surface area contributed by atoms with Crippen molar-refractivity contribution in [2.45, 2.75) is 5.71 Å². The van der Waals surface area contributed by atoms with Crippen LogP contribution in [-0.2, 0) is 18.8 Å². The van der Waals surface area contributed by atoms with Gasteiger partial charge in [0.2, 0.25) is 0 Å². The molecular formula is C6H9O5P. The van der Waals surface area contributed by atoms with Gasteiger partial charge in [-0.15, -0.1) is 0 Å². The smallest absolute Gasteiger partial charge is 0.369 e. The molecule has 1 N–H and O–H groups in total. The van der Waals surface area contributed by atoms with E-state index < -0.39 is 11.1 Å². The maximum Gasteiger partial charge on any atom is 0.369 e. The van der Waals surface area contributed by atoms with Gasteiger partial charge in [-0.2, -0.15) is 0 Å². The summed E-state index contributed by atoms with van der Waals surface area (Å²) in [6.45, 7) is 0.953. The first-order valence-corrected chi connectivity index (χ1v) is 4.43. The lowest BCUT2D eigenvalue weighted by atomic mass is 9.91. The van der Waals surface area contributed by atoms with Crippen LogP contribution in [-0.4, -0.2) is 37.2 Å². The molecule has 3 heterocycles. The van der Waals surface area contributed by atoms with E-state index in [2.05, 4.69) is 0 Å². The Kier molecular flexibility index (Phi) is 1.93. The number of aliphatic hydroxyl groups is 1. The van der Waals surface area contributed by atoms with E-state index in [1.165, 1.54) is 0 Å². The second-order valence-corrected chi connectivity index (χ2v) is 3.87. The molecule has 0 spiro atoms. The molecule has 0 aromatic rings. The summed E-state index contributed by atoms with van der Waals surface area (Å²) in [6.07, 6.45) is 0. The molecule has 3 aliphatic heterocycles. The first-order chi connectivity index (χ1) is 5.74. The lowest BCUT2D eigenvalue weighted by molar-refractivity contribution is -0.424. The van der Waals surface area contributed by atoms with Crippen LogP contribution in [0.1, 0.15) is 0 Å². The molecule has 3 saturated heterocycles. The average Bonchev–Trinajstić information content (AvgIpc) is 2.21. The van der Waals surface area contributed by atoms with Gasteiger partial charge >= 0.3 is 5.71 Å². The summed E-state index contributed by atoms with van der Waals surface area (Å²) in [4.78, 5) is 0. The molecule has 0 saturated carbocycles. The Hall–Kier alpha value is -0.0600. The third kappa shape index (κ3) is 1.09. The zero-order chi connectivity index (χ0) is 8.66. The zero-order valence-electron chi connectivity index (χ0n) is 6.36. The lowest BCUT2D eigenvalue weighted by Crippen LogP contribution is -2.58. The van der Waals surface area contributed by atoms with Crippen molar-refractivity contribution < 1.29 is 23.9 Å². The summed E-state index contributed by atoms with van der Waals surface area (Å²) in [6, 6.07) is 0. The lowest BCUT2D eigenvalue weighted by Gasteiger charge is -2.47. The molecule has 0 amide bonds. The van der Waals surface area contributed by atoms with Crippen molar-refractivity contribution in [1.82, 2.24) is 0 Å². The van der Waals surface area contributed by atoms with Gasteiger partial charge in [0, 0.05) is 0 Å². The molecule has 2 bridgehead atoms. The second-order valence-electron chi connectivity index (χ2n) is 3.14. The predicted octanol–water partition coefficient (Wildman–Crippen LogP) is -0.0549. The molecule has 12 heavy (non-hydrogen) atoms. The highest BCUT2D eigenvalue weighted by Gasteiger charge is 2.53. The molecule has 0 aliphatic carbocycles. The summed E-state index contributed by atoms with van der Waals surface area (Å²) in [5, 5.41) is 9.00. The highest BCUT2D eigenvalue weighted by atomic mass is 31.1. The van der Waals surface area contributed by atoms with Gasteiger partial charge in [-0.05, 0) is 0 Å². The second kappa shape index (κ2) is 2.72. The van der Waals surface area contributed by atoms with Crippen molar-refractivity contribution in [2.24, 2.45) is 5.41 Å². The van der Waals surface area contributed by atoms with Gasteiger partial charge in [0.05, 0.1) is 31.8 Å². The first kappa shape index (κ1) is 8.53. The average molecular weight is 192 g/mol. The number of rotatable bonds is 2. The monoisotopic (exact) mass is 192 g/mol. The largest absolute Gasteiger partial charge is 0.396 e. The molecule has 3 aliphatic rings. The Morgan fingerprint density at radius 1 is 1.25 bits per heavy atom. The van der Waals surface area contributed by atoms with E-state index >= 15 is 0 Å². The van der Waals surface area contributed by atoms with Crippen molar-refractivity contribution in [2.75, 3.05) is 26.4 Å². The Morgan fingerprint density at radius 2 is 1.75 bits per heavy atom. The van der Waals surface area contributed by atoms with Crippen LogP contribution in [0.25, 0.3) is 0 Å². The van der Waals surface area contributed by atoms with Crippen molar-refractivity contribution in [3.05, 3.63) is 0 Å². The number of ether oxygens (including phenoxy) is 3. The van der Waals surface area contributed by atoms with Crippen LogP contribution in [0.5, 0.6) is 0 Å². The van der Waals surface area contributed by atoms with E-state index in [9.17, 15) is 4.57 Å². The van der Waals surface area contributed by atoms with Crippen LogP contribution < -0.4 is 0 Å². The van der Waals surface area contributed by atoms with E-state index in [0.717, 1.165) is 0 Å². The number of aliphatic hydroxyl groups excluding tert-OH is 1. The third-order valence-corrected chi connectivity index (χ3v) is 2.74. The van der Waals surface area contributed by atoms with E-state index in [1.54, 1.807) is 0 Å². The number of fused-ring (bicyclic) bond motifs is 3. The topological polar surface area (TPSA) is 65.0 Å². The molecule has 0 atom stereocenters. The van der Waals surface area contributed by atoms with Crippen molar-refractivity contribution in [1.29, 1.82) is 0 Å². The van der Waals surface area contributed by atoms with Crippen molar-refractivity contribution >= 4 is 8.46 Å². The summed E-state index contributed by atoms with van der Waals surface area (Å²) in [5.74, 6) is 0. The summed E-state index contributed by atoms with van der Waals surface area (Å²) < 4.78 is 25.8. The van der Waals surface area contributed by atoms with E-state index in [4.69, 9.17) is 19.3 Å². The third-order valence-electron chi connectivity index (χ3n) is 2.13. The Balaban J connectivity index is 2.14. The summed E-state index contributed by atoms with van der Waals surface area (Å²) in [5.41, 5.74) is -1.84. The Morgan fingerprint density at radius 3 is 2.08 bits per heavy atom. The predicted molar refractivity (Wildman–Crippen MR) is 37.7 cm³/mol. The number of hydrogen-bond acceptors (Lipinski definition) is 5. The standard InChI is InChI=1S/C6H9O5P/c7-1-5-2-9-6(12-8,10-3-5)11-4-5/h7H,1-4H2. The van der Waals surface area contributed by atoms with Gasteiger partial charge < -0.3 is 19.3 Å². The fraction of sp³-hybridized carbons (Fsp3) is 1.00. The maximum absolute atomic E-state index is 10.6. The quantitative estimate of drug-likeness (QED) is 0.621. The van der Waals surface area contributed by atoms with Crippen LogP contribution in [0, 0.1) is 5.41 Å². The minimum Gasteiger partial charge on any atom is -0.396 e. The molecule has 0 aromatic heterocycles. The Labute approximate surface area is 70.8 Å². The van der Waals surface area contributed by atoms with Crippen LogP contribution >= 0.6 is 8.46 Å². The minimum atomic E-state index is -1.39. The highest BCUT2D eigenvalue weighted by Crippen LogP contribution is 2.43. The van der Waals surface area contributed by atoms with Gasteiger partial charge in [-0.25, -0.2) is 0 Å². The van der Waals surface area contributed by atoms with Gasteiger partial charge in [0.25, 0.3) is 8.46 Å². The summed E-state index contributed by atoms with van der Waals surface area (Å²) >= 11 is 0. The molecule has 5 nitrogen and oxygen atoms in total. The molecule has 6 heteroatoms. The van der Waals surface area contributed by atoms with E-state index in [1.807, 2.05) is 0 Å². The fourth-order valence-corrected chi connectivity index (χ4v) is 1.55.